The average molecular weight is 511 g/mol. The second-order valence-corrected chi connectivity index (χ2v) is 8.10. The van der Waals surface area contributed by atoms with Crippen LogP contribution in [0.4, 0.5) is 15.9 Å². The molecule has 33 heavy (non-hydrogen) atoms. The van der Waals surface area contributed by atoms with Gasteiger partial charge in [0.1, 0.15) is 29.2 Å². The summed E-state index contributed by atoms with van der Waals surface area (Å²) in [6, 6.07) is 11.4. The summed E-state index contributed by atoms with van der Waals surface area (Å²) in [7, 11) is 0. The molecule has 0 spiro atoms. The number of hydrogen-bond donors (Lipinski definition) is 2. The van der Waals surface area contributed by atoms with Crippen molar-refractivity contribution < 1.29 is 13.9 Å². The van der Waals surface area contributed by atoms with Crippen molar-refractivity contribution in [2.75, 3.05) is 23.3 Å². The predicted octanol–water partition coefficient (Wildman–Crippen LogP) is 3.08. The number of H-pyrrole nitrogens is 1. The molecule has 0 unspecified atom stereocenters. The number of rotatable bonds is 6. The minimum atomic E-state index is -0.373. The molecule has 0 aliphatic carbocycles. The normalized spacial score (nSPS) is 13.5. The zero-order valence-electron chi connectivity index (χ0n) is 16.9. The fraction of sp³-hybridized carbons (Fsp3) is 0.143. The maximum atomic E-state index is 13.4. The Bertz CT molecular complexity index is 1260. The van der Waals surface area contributed by atoms with Crippen molar-refractivity contribution in [2.45, 2.75) is 6.10 Å². The number of nitrogens with one attached hydrogen (secondary N) is 2. The van der Waals surface area contributed by atoms with Crippen LogP contribution < -0.4 is 15.0 Å². The molecule has 1 saturated heterocycles. The molecule has 0 bridgehead atoms. The van der Waals surface area contributed by atoms with Gasteiger partial charge in [-0.2, -0.15) is 5.21 Å². The lowest BCUT2D eigenvalue weighted by Gasteiger charge is -2.39. The molecule has 0 atom stereocenters. The molecule has 10 nitrogen and oxygen atoms in total. The summed E-state index contributed by atoms with van der Waals surface area (Å²) in [6.07, 6.45) is 2.88. The second-order valence-electron chi connectivity index (χ2n) is 7.25. The Morgan fingerprint density at radius 3 is 2.67 bits per heavy atom. The first kappa shape index (κ1) is 20.9. The molecule has 0 saturated carbocycles. The minimum absolute atomic E-state index is 0.0942. The lowest BCUT2D eigenvalue weighted by Crippen LogP contribution is -2.54. The van der Waals surface area contributed by atoms with Crippen LogP contribution in [0.1, 0.15) is 10.5 Å². The Labute approximate surface area is 195 Å². The van der Waals surface area contributed by atoms with E-state index in [1.165, 1.54) is 18.3 Å². The molecule has 166 valence electrons. The van der Waals surface area contributed by atoms with Crippen LogP contribution in [-0.2, 0) is 0 Å². The third-order valence-electron chi connectivity index (χ3n) is 4.98. The van der Waals surface area contributed by atoms with Crippen LogP contribution >= 0.6 is 15.9 Å². The molecule has 2 N–H and O–H groups in total. The Hall–Kier alpha value is -3.93. The number of amides is 1. The van der Waals surface area contributed by atoms with Crippen molar-refractivity contribution in [1.29, 1.82) is 0 Å². The Morgan fingerprint density at radius 1 is 1.15 bits per heavy atom. The smallest absolute Gasteiger partial charge is 0.275 e. The van der Waals surface area contributed by atoms with Gasteiger partial charge in [0.2, 0.25) is 5.82 Å². The topological polar surface area (TPSA) is 122 Å². The SMILES string of the molecule is O=C(Nc1ccc(-c2nn[nH]n2)cc1)c1cnc(N2CC(Oc3cc(F)ccc3Br)C2)cn1. The predicted molar refractivity (Wildman–Crippen MR) is 120 cm³/mol. The highest BCUT2D eigenvalue weighted by Crippen LogP contribution is 2.29. The van der Waals surface area contributed by atoms with Crippen molar-refractivity contribution in [3.8, 4) is 17.1 Å². The van der Waals surface area contributed by atoms with Gasteiger partial charge in [0.05, 0.1) is 30.0 Å². The van der Waals surface area contributed by atoms with E-state index in [1.807, 2.05) is 4.90 Å². The van der Waals surface area contributed by atoms with Gasteiger partial charge in [0.15, 0.2) is 0 Å². The van der Waals surface area contributed by atoms with Crippen molar-refractivity contribution in [3.05, 3.63) is 70.8 Å². The number of aromatic amines is 1. The summed E-state index contributed by atoms with van der Waals surface area (Å²) in [5, 5.41) is 16.5. The number of ether oxygens (including phenoxy) is 1. The molecule has 1 aliphatic heterocycles. The molecular formula is C21H16BrFN8O2. The van der Waals surface area contributed by atoms with Crippen LogP contribution in [0.5, 0.6) is 5.75 Å². The van der Waals surface area contributed by atoms with E-state index in [-0.39, 0.29) is 23.5 Å². The first-order valence-corrected chi connectivity index (χ1v) is 10.7. The van der Waals surface area contributed by atoms with Crippen molar-refractivity contribution in [1.82, 2.24) is 30.6 Å². The fourth-order valence-electron chi connectivity index (χ4n) is 3.23. The molecule has 1 amide bonds. The molecular weight excluding hydrogens is 495 g/mol. The lowest BCUT2D eigenvalue weighted by atomic mass is 10.1. The number of hydrogen-bond acceptors (Lipinski definition) is 8. The minimum Gasteiger partial charge on any atom is -0.485 e. The zero-order chi connectivity index (χ0) is 22.8. The third-order valence-corrected chi connectivity index (χ3v) is 5.63. The van der Waals surface area contributed by atoms with E-state index in [0.717, 1.165) is 5.56 Å². The van der Waals surface area contributed by atoms with Gasteiger partial charge < -0.3 is 15.0 Å². The molecule has 2 aromatic carbocycles. The number of carbonyl (C=O) groups is 1. The van der Waals surface area contributed by atoms with Crippen LogP contribution in [-0.4, -0.2) is 55.7 Å². The molecule has 12 heteroatoms. The van der Waals surface area contributed by atoms with Crippen LogP contribution in [0.15, 0.2) is 59.3 Å². The monoisotopic (exact) mass is 510 g/mol. The van der Waals surface area contributed by atoms with E-state index in [2.05, 4.69) is 51.8 Å². The average Bonchev–Trinajstić information content (AvgIpc) is 3.34. The number of anilines is 2. The van der Waals surface area contributed by atoms with Crippen molar-refractivity contribution >= 4 is 33.3 Å². The van der Waals surface area contributed by atoms with Gasteiger partial charge in [0.25, 0.3) is 5.91 Å². The first-order chi connectivity index (χ1) is 16.0. The van der Waals surface area contributed by atoms with E-state index in [9.17, 15) is 9.18 Å². The summed E-state index contributed by atoms with van der Waals surface area (Å²) >= 11 is 3.35. The van der Waals surface area contributed by atoms with Gasteiger partial charge in [-0.1, -0.05) is 0 Å². The van der Waals surface area contributed by atoms with Gasteiger partial charge in [-0.05, 0) is 57.5 Å². The number of aromatic nitrogens is 6. The lowest BCUT2D eigenvalue weighted by molar-refractivity contribution is 0.102. The summed E-state index contributed by atoms with van der Waals surface area (Å²) in [6.45, 7) is 1.16. The number of tetrazole rings is 1. The fourth-order valence-corrected chi connectivity index (χ4v) is 3.57. The molecule has 4 aromatic rings. The van der Waals surface area contributed by atoms with Gasteiger partial charge in [-0.15, -0.1) is 10.2 Å². The van der Waals surface area contributed by atoms with Gasteiger partial charge in [-0.3, -0.25) is 4.79 Å². The molecule has 2 aromatic heterocycles. The van der Waals surface area contributed by atoms with Gasteiger partial charge >= 0.3 is 0 Å². The summed E-state index contributed by atoms with van der Waals surface area (Å²) in [4.78, 5) is 23.0. The molecule has 0 radical (unpaired) electrons. The number of halogens is 2. The van der Waals surface area contributed by atoms with Crippen LogP contribution in [0, 0.1) is 5.82 Å². The largest absolute Gasteiger partial charge is 0.485 e. The Kier molecular flexibility index (Phi) is 5.65. The molecule has 1 fully saturated rings. The van der Waals surface area contributed by atoms with E-state index >= 15 is 0 Å². The van der Waals surface area contributed by atoms with Gasteiger partial charge in [0, 0.05) is 17.3 Å². The highest BCUT2D eigenvalue weighted by atomic mass is 79.9. The van der Waals surface area contributed by atoms with E-state index in [4.69, 9.17) is 4.74 Å². The standard InChI is InChI=1S/C21H16BrFN8O2/c22-16-6-3-13(23)7-18(16)33-15-10-31(11-15)19-9-24-17(8-25-19)21(32)26-14-4-1-12(2-5-14)20-27-29-30-28-20/h1-9,15H,10-11H2,(H,26,32)(H,27,28,29,30). The number of nitrogens with zero attached hydrogens (tertiary/aromatic N) is 6. The van der Waals surface area contributed by atoms with Crippen LogP contribution in [0.25, 0.3) is 11.4 Å². The van der Waals surface area contributed by atoms with E-state index in [0.29, 0.717) is 40.6 Å². The molecule has 1 aliphatic rings. The number of carbonyl (C=O) groups excluding carboxylic acids is 1. The van der Waals surface area contributed by atoms with Gasteiger partial charge in [-0.25, -0.2) is 14.4 Å². The van der Waals surface area contributed by atoms with Crippen LogP contribution in [0.3, 0.4) is 0 Å². The molecule has 3 heterocycles. The second kappa shape index (κ2) is 8.90. The maximum Gasteiger partial charge on any atom is 0.275 e. The zero-order valence-corrected chi connectivity index (χ0v) is 18.5. The maximum absolute atomic E-state index is 13.4. The third kappa shape index (κ3) is 4.65. The summed E-state index contributed by atoms with van der Waals surface area (Å²) < 4.78 is 19.9. The first-order valence-electron chi connectivity index (χ1n) is 9.89. The van der Waals surface area contributed by atoms with Crippen molar-refractivity contribution in [3.63, 3.8) is 0 Å². The van der Waals surface area contributed by atoms with E-state index < -0.39 is 0 Å². The highest BCUT2D eigenvalue weighted by molar-refractivity contribution is 9.10. The van der Waals surface area contributed by atoms with Crippen molar-refractivity contribution in [2.24, 2.45) is 0 Å². The van der Waals surface area contributed by atoms with E-state index in [1.54, 1.807) is 36.5 Å². The summed E-state index contributed by atoms with van der Waals surface area (Å²) in [5.41, 5.74) is 1.56. The molecule has 5 rings (SSSR count). The Balaban J connectivity index is 1.15. The number of benzene rings is 2. The highest BCUT2D eigenvalue weighted by Gasteiger charge is 2.30. The summed E-state index contributed by atoms with van der Waals surface area (Å²) in [5.74, 6) is 0.836. The Morgan fingerprint density at radius 2 is 1.97 bits per heavy atom. The quantitative estimate of drug-likeness (QED) is 0.405. The van der Waals surface area contributed by atoms with Crippen LogP contribution in [0.2, 0.25) is 0 Å².